The highest BCUT2D eigenvalue weighted by atomic mass is 19.1. The van der Waals surface area contributed by atoms with Gasteiger partial charge in [-0.05, 0) is 50.6 Å². The van der Waals surface area contributed by atoms with Gasteiger partial charge in [-0.1, -0.05) is 19.1 Å². The molecule has 1 aromatic rings. The number of benzene rings is 1. The van der Waals surface area contributed by atoms with E-state index in [0.717, 1.165) is 18.7 Å². The smallest absolute Gasteiger partial charge is 0.223 e. The van der Waals surface area contributed by atoms with E-state index < -0.39 is 5.54 Å². The fraction of sp³-hybridized carbons (Fsp3) is 0.533. The molecule has 1 unspecified atom stereocenters. The molecule has 1 fully saturated rings. The Kier molecular flexibility index (Phi) is 3.90. The normalized spacial score (nSPS) is 17.7. The number of nitrogens with one attached hydrogen (secondary N) is 2. The Bertz CT molecular complexity index is 469. The molecule has 1 aliphatic heterocycles. The van der Waals surface area contributed by atoms with Crippen molar-refractivity contribution in [3.05, 3.63) is 35.6 Å². The summed E-state index contributed by atoms with van der Waals surface area (Å²) in [6, 6.07) is 6.37. The monoisotopic (exact) mass is 264 g/mol. The third kappa shape index (κ3) is 3.13. The van der Waals surface area contributed by atoms with E-state index in [4.69, 9.17) is 0 Å². The number of halogens is 1. The molecule has 0 radical (unpaired) electrons. The molecule has 4 heteroatoms. The van der Waals surface area contributed by atoms with Gasteiger partial charge < -0.3 is 10.6 Å². The quantitative estimate of drug-likeness (QED) is 0.873. The van der Waals surface area contributed by atoms with Crippen molar-refractivity contribution in [3.63, 3.8) is 0 Å². The molecule has 3 nitrogen and oxygen atoms in total. The minimum Gasteiger partial charge on any atom is -0.347 e. The number of hydrogen-bond acceptors (Lipinski definition) is 2. The van der Waals surface area contributed by atoms with E-state index in [0.29, 0.717) is 5.92 Å². The minimum absolute atomic E-state index is 0.0194. The maximum absolute atomic E-state index is 13.3. The highest BCUT2D eigenvalue weighted by Crippen LogP contribution is 2.23. The summed E-state index contributed by atoms with van der Waals surface area (Å²) in [5, 5.41) is 6.18. The SMILES string of the molecule is CC(C(=O)NC(C)(C)c1cccc(F)c1)C1CNC1. The lowest BCUT2D eigenvalue weighted by Crippen LogP contribution is -2.52. The third-order valence-corrected chi connectivity index (χ3v) is 3.92. The molecule has 0 bridgehead atoms. The molecule has 2 rings (SSSR count). The van der Waals surface area contributed by atoms with Gasteiger partial charge in [0.2, 0.25) is 5.91 Å². The molecule has 1 saturated heterocycles. The number of rotatable bonds is 4. The maximum Gasteiger partial charge on any atom is 0.223 e. The summed E-state index contributed by atoms with van der Waals surface area (Å²) in [7, 11) is 0. The van der Waals surface area contributed by atoms with Crippen LogP contribution in [0, 0.1) is 17.7 Å². The largest absolute Gasteiger partial charge is 0.347 e. The lowest BCUT2D eigenvalue weighted by molar-refractivity contribution is -0.128. The number of carbonyl (C=O) groups excluding carboxylic acids is 1. The fourth-order valence-electron chi connectivity index (χ4n) is 2.25. The van der Waals surface area contributed by atoms with E-state index >= 15 is 0 Å². The van der Waals surface area contributed by atoms with Crippen LogP contribution in [0.5, 0.6) is 0 Å². The average molecular weight is 264 g/mol. The summed E-state index contributed by atoms with van der Waals surface area (Å²) < 4.78 is 13.3. The van der Waals surface area contributed by atoms with Crippen LogP contribution in [0.15, 0.2) is 24.3 Å². The first-order valence-electron chi connectivity index (χ1n) is 6.69. The second kappa shape index (κ2) is 5.29. The predicted octanol–water partition coefficient (Wildman–Crippen LogP) is 2.03. The van der Waals surface area contributed by atoms with Crippen LogP contribution in [0.2, 0.25) is 0 Å². The molecule has 0 aromatic heterocycles. The highest BCUT2D eigenvalue weighted by molar-refractivity contribution is 5.79. The first kappa shape index (κ1) is 14.0. The van der Waals surface area contributed by atoms with Gasteiger partial charge in [-0.2, -0.15) is 0 Å². The molecule has 0 spiro atoms. The summed E-state index contributed by atoms with van der Waals surface area (Å²) in [4.78, 5) is 12.2. The van der Waals surface area contributed by atoms with E-state index in [9.17, 15) is 9.18 Å². The molecular formula is C15H21FN2O. The van der Waals surface area contributed by atoms with Crippen molar-refractivity contribution in [2.75, 3.05) is 13.1 Å². The Labute approximate surface area is 113 Å². The Morgan fingerprint density at radius 2 is 2.16 bits per heavy atom. The van der Waals surface area contributed by atoms with Gasteiger partial charge in [0.05, 0.1) is 5.54 Å². The summed E-state index contributed by atoms with van der Waals surface area (Å²) >= 11 is 0. The van der Waals surface area contributed by atoms with Crippen LogP contribution in [0.3, 0.4) is 0 Å². The predicted molar refractivity (Wildman–Crippen MR) is 73.1 cm³/mol. The first-order valence-corrected chi connectivity index (χ1v) is 6.69. The van der Waals surface area contributed by atoms with Crippen molar-refractivity contribution in [1.29, 1.82) is 0 Å². The van der Waals surface area contributed by atoms with Crippen LogP contribution in [-0.2, 0) is 10.3 Å². The minimum atomic E-state index is -0.565. The molecule has 1 aromatic carbocycles. The van der Waals surface area contributed by atoms with Gasteiger partial charge in [-0.25, -0.2) is 4.39 Å². The van der Waals surface area contributed by atoms with Gasteiger partial charge in [-0.15, -0.1) is 0 Å². The molecular weight excluding hydrogens is 243 g/mol. The summed E-state index contributed by atoms with van der Waals surface area (Å²) in [5.74, 6) is 0.134. The number of hydrogen-bond donors (Lipinski definition) is 2. The Morgan fingerprint density at radius 1 is 1.47 bits per heavy atom. The Balaban J connectivity index is 2.05. The molecule has 104 valence electrons. The van der Waals surface area contributed by atoms with Gasteiger partial charge in [0.15, 0.2) is 0 Å². The van der Waals surface area contributed by atoms with Gasteiger partial charge in [0, 0.05) is 5.92 Å². The van der Waals surface area contributed by atoms with Crippen LogP contribution in [0.1, 0.15) is 26.3 Å². The molecule has 19 heavy (non-hydrogen) atoms. The molecule has 0 saturated carbocycles. The van der Waals surface area contributed by atoms with E-state index in [1.165, 1.54) is 12.1 Å². The van der Waals surface area contributed by atoms with Gasteiger partial charge in [0.1, 0.15) is 5.82 Å². The first-order chi connectivity index (χ1) is 8.90. The van der Waals surface area contributed by atoms with Crippen LogP contribution >= 0.6 is 0 Å². The molecule has 0 aliphatic carbocycles. The Hall–Kier alpha value is -1.42. The average Bonchev–Trinajstić information content (AvgIpc) is 2.26. The summed E-state index contributed by atoms with van der Waals surface area (Å²) in [5.41, 5.74) is 0.213. The third-order valence-electron chi connectivity index (χ3n) is 3.92. The van der Waals surface area contributed by atoms with Gasteiger partial charge in [0.25, 0.3) is 0 Å². The molecule has 1 amide bonds. The molecule has 1 atom stereocenters. The number of carbonyl (C=O) groups is 1. The zero-order chi connectivity index (χ0) is 14.0. The summed E-state index contributed by atoms with van der Waals surface area (Å²) in [6.07, 6.45) is 0. The van der Waals surface area contributed by atoms with Crippen molar-refractivity contribution in [1.82, 2.24) is 10.6 Å². The van der Waals surface area contributed by atoms with Crippen LogP contribution in [-0.4, -0.2) is 19.0 Å². The Morgan fingerprint density at radius 3 is 2.68 bits per heavy atom. The second-order valence-electron chi connectivity index (χ2n) is 5.83. The van der Waals surface area contributed by atoms with Crippen LogP contribution in [0.25, 0.3) is 0 Å². The van der Waals surface area contributed by atoms with E-state index in [2.05, 4.69) is 10.6 Å². The highest BCUT2D eigenvalue weighted by Gasteiger charge is 2.32. The molecule has 2 N–H and O–H groups in total. The van der Waals surface area contributed by atoms with Crippen molar-refractivity contribution in [3.8, 4) is 0 Å². The zero-order valence-electron chi connectivity index (χ0n) is 11.7. The van der Waals surface area contributed by atoms with Crippen molar-refractivity contribution in [2.45, 2.75) is 26.3 Å². The molecule has 1 heterocycles. The topological polar surface area (TPSA) is 41.1 Å². The van der Waals surface area contributed by atoms with Gasteiger partial charge in [-0.3, -0.25) is 4.79 Å². The lowest BCUT2D eigenvalue weighted by Gasteiger charge is -2.35. The van der Waals surface area contributed by atoms with Crippen LogP contribution in [0.4, 0.5) is 4.39 Å². The molecule has 1 aliphatic rings. The second-order valence-corrected chi connectivity index (χ2v) is 5.83. The summed E-state index contributed by atoms with van der Waals surface area (Å²) in [6.45, 7) is 7.53. The van der Waals surface area contributed by atoms with Gasteiger partial charge >= 0.3 is 0 Å². The van der Waals surface area contributed by atoms with E-state index in [1.807, 2.05) is 26.8 Å². The number of amides is 1. The standard InChI is InChI=1S/C15H21FN2O/c1-10(11-8-17-9-11)14(19)18-15(2,3)12-5-4-6-13(16)7-12/h4-7,10-11,17H,8-9H2,1-3H3,(H,18,19). The maximum atomic E-state index is 13.3. The van der Waals surface area contributed by atoms with Crippen LogP contribution < -0.4 is 10.6 Å². The lowest BCUT2D eigenvalue weighted by atomic mass is 9.86. The van der Waals surface area contributed by atoms with Crippen molar-refractivity contribution in [2.24, 2.45) is 11.8 Å². The zero-order valence-corrected chi connectivity index (χ0v) is 11.7. The fourth-order valence-corrected chi connectivity index (χ4v) is 2.25. The van der Waals surface area contributed by atoms with Crippen molar-refractivity contribution >= 4 is 5.91 Å². The van der Waals surface area contributed by atoms with E-state index in [-0.39, 0.29) is 17.6 Å². The van der Waals surface area contributed by atoms with Crippen molar-refractivity contribution < 1.29 is 9.18 Å². The van der Waals surface area contributed by atoms with E-state index in [1.54, 1.807) is 6.07 Å².